The van der Waals surface area contributed by atoms with Gasteiger partial charge in [-0.25, -0.2) is 9.50 Å². The van der Waals surface area contributed by atoms with E-state index in [0.717, 1.165) is 43.0 Å². The number of anilines is 1. The number of fused-ring (bicyclic) bond motifs is 1. The van der Waals surface area contributed by atoms with Crippen LogP contribution in [0.1, 0.15) is 25.0 Å². The fourth-order valence-corrected chi connectivity index (χ4v) is 2.10. The van der Waals surface area contributed by atoms with Crippen molar-refractivity contribution in [3.8, 4) is 0 Å². The third-order valence-corrected chi connectivity index (χ3v) is 3.05. The Morgan fingerprint density at radius 3 is 2.94 bits per heavy atom. The second kappa shape index (κ2) is 5.82. The molecular formula is C13H21N5. The summed E-state index contributed by atoms with van der Waals surface area (Å²) in [4.78, 5) is 6.65. The lowest BCUT2D eigenvalue weighted by atomic mass is 10.2. The molecule has 2 heterocycles. The molecule has 2 aromatic heterocycles. The second-order valence-electron chi connectivity index (χ2n) is 4.64. The molecule has 0 bridgehead atoms. The summed E-state index contributed by atoms with van der Waals surface area (Å²) in [6.07, 6.45) is 7.09. The molecule has 5 heteroatoms. The molecule has 0 saturated heterocycles. The van der Waals surface area contributed by atoms with Crippen molar-refractivity contribution in [2.24, 2.45) is 5.73 Å². The second-order valence-corrected chi connectivity index (χ2v) is 4.64. The topological polar surface area (TPSA) is 59.5 Å². The number of aromatic nitrogens is 3. The van der Waals surface area contributed by atoms with Gasteiger partial charge in [0, 0.05) is 26.0 Å². The van der Waals surface area contributed by atoms with Crippen LogP contribution in [0.4, 0.5) is 5.82 Å². The zero-order chi connectivity index (χ0) is 13.0. The van der Waals surface area contributed by atoms with E-state index < -0.39 is 0 Å². The number of hydrogen-bond acceptors (Lipinski definition) is 4. The van der Waals surface area contributed by atoms with Crippen LogP contribution in [0.5, 0.6) is 0 Å². The Kier molecular flexibility index (Phi) is 4.15. The summed E-state index contributed by atoms with van der Waals surface area (Å²) in [5.74, 6) is 0.992. The Morgan fingerprint density at radius 2 is 2.17 bits per heavy atom. The molecule has 0 fully saturated rings. The van der Waals surface area contributed by atoms with E-state index in [-0.39, 0.29) is 0 Å². The summed E-state index contributed by atoms with van der Waals surface area (Å²) in [6.45, 7) is 3.77. The number of unbranched alkanes of at least 4 members (excludes halogenated alkanes) is 2. The predicted octanol–water partition coefficient (Wildman–Crippen LogP) is 1.60. The minimum Gasteiger partial charge on any atom is -0.358 e. The molecule has 0 radical (unpaired) electrons. The quantitative estimate of drug-likeness (QED) is 0.788. The Labute approximate surface area is 108 Å². The van der Waals surface area contributed by atoms with Gasteiger partial charge in [0.1, 0.15) is 5.52 Å². The van der Waals surface area contributed by atoms with Crippen LogP contribution >= 0.6 is 0 Å². The summed E-state index contributed by atoms with van der Waals surface area (Å²) >= 11 is 0. The molecule has 0 saturated carbocycles. The summed E-state index contributed by atoms with van der Waals surface area (Å²) < 4.78 is 1.88. The highest BCUT2D eigenvalue weighted by Crippen LogP contribution is 2.18. The Bertz CT molecular complexity index is 505. The van der Waals surface area contributed by atoms with Crippen molar-refractivity contribution < 1.29 is 0 Å². The minimum atomic E-state index is 0.777. The SMILES string of the molecule is Cc1cc2c(N(C)CCCCCN)nccn2n1. The van der Waals surface area contributed by atoms with Gasteiger partial charge in [0.25, 0.3) is 0 Å². The van der Waals surface area contributed by atoms with Gasteiger partial charge < -0.3 is 10.6 Å². The first-order valence-corrected chi connectivity index (χ1v) is 6.44. The van der Waals surface area contributed by atoms with Crippen LogP contribution in [0.2, 0.25) is 0 Å². The van der Waals surface area contributed by atoms with Gasteiger partial charge in [0.2, 0.25) is 0 Å². The third kappa shape index (κ3) is 2.79. The first-order chi connectivity index (χ1) is 8.72. The van der Waals surface area contributed by atoms with Gasteiger partial charge in [0.15, 0.2) is 5.82 Å². The van der Waals surface area contributed by atoms with Gasteiger partial charge in [-0.2, -0.15) is 5.10 Å². The number of nitrogens with zero attached hydrogens (tertiary/aromatic N) is 4. The lowest BCUT2D eigenvalue weighted by Crippen LogP contribution is -2.20. The maximum atomic E-state index is 5.50. The van der Waals surface area contributed by atoms with E-state index in [9.17, 15) is 0 Å². The fraction of sp³-hybridized carbons (Fsp3) is 0.538. The molecular weight excluding hydrogens is 226 g/mol. The molecule has 2 aromatic rings. The Balaban J connectivity index is 2.09. The molecule has 18 heavy (non-hydrogen) atoms. The molecule has 0 amide bonds. The number of hydrogen-bond donors (Lipinski definition) is 1. The van der Waals surface area contributed by atoms with E-state index in [1.54, 1.807) is 6.20 Å². The highest BCUT2D eigenvalue weighted by atomic mass is 15.3. The minimum absolute atomic E-state index is 0.777. The van der Waals surface area contributed by atoms with Crippen molar-refractivity contribution in [3.63, 3.8) is 0 Å². The largest absolute Gasteiger partial charge is 0.358 e. The van der Waals surface area contributed by atoms with E-state index in [1.165, 1.54) is 6.42 Å². The van der Waals surface area contributed by atoms with Gasteiger partial charge in [-0.05, 0) is 32.4 Å². The first-order valence-electron chi connectivity index (χ1n) is 6.44. The van der Waals surface area contributed by atoms with Gasteiger partial charge in [-0.3, -0.25) is 0 Å². The van der Waals surface area contributed by atoms with Gasteiger partial charge in [-0.1, -0.05) is 6.42 Å². The van der Waals surface area contributed by atoms with Crippen LogP contribution in [0, 0.1) is 6.92 Å². The molecule has 0 atom stereocenters. The van der Waals surface area contributed by atoms with Crippen molar-refractivity contribution in [3.05, 3.63) is 24.2 Å². The predicted molar refractivity (Wildman–Crippen MR) is 73.9 cm³/mol. The molecule has 0 unspecified atom stereocenters. The smallest absolute Gasteiger partial charge is 0.154 e. The number of aryl methyl sites for hydroxylation is 1. The molecule has 0 aliphatic carbocycles. The van der Waals surface area contributed by atoms with Crippen LogP contribution in [0.15, 0.2) is 18.5 Å². The van der Waals surface area contributed by atoms with Gasteiger partial charge in [0.05, 0.1) is 5.69 Å². The summed E-state index contributed by atoms with van der Waals surface area (Å²) in [6, 6.07) is 2.07. The normalized spacial score (nSPS) is 11.1. The lowest BCUT2D eigenvalue weighted by Gasteiger charge is -2.18. The summed E-state index contributed by atoms with van der Waals surface area (Å²) in [5, 5.41) is 4.40. The van der Waals surface area contributed by atoms with Crippen molar-refractivity contribution in [1.82, 2.24) is 14.6 Å². The average molecular weight is 247 g/mol. The van der Waals surface area contributed by atoms with Crippen molar-refractivity contribution in [2.45, 2.75) is 26.2 Å². The Morgan fingerprint density at radius 1 is 1.33 bits per heavy atom. The first kappa shape index (κ1) is 12.8. The van der Waals surface area contributed by atoms with Crippen molar-refractivity contribution in [2.75, 3.05) is 25.0 Å². The van der Waals surface area contributed by atoms with E-state index in [0.29, 0.717) is 0 Å². The Hall–Kier alpha value is -1.62. The molecule has 2 N–H and O–H groups in total. The molecule has 5 nitrogen and oxygen atoms in total. The standard InChI is InChI=1S/C13H21N5/c1-11-10-12-13(15-7-9-18(12)16-11)17(2)8-5-3-4-6-14/h7,9-10H,3-6,8,14H2,1-2H3. The van der Waals surface area contributed by atoms with Crippen molar-refractivity contribution in [1.29, 1.82) is 0 Å². The van der Waals surface area contributed by atoms with E-state index in [2.05, 4.69) is 28.1 Å². The van der Waals surface area contributed by atoms with Crippen molar-refractivity contribution >= 4 is 11.3 Å². The lowest BCUT2D eigenvalue weighted by molar-refractivity contribution is 0.676. The van der Waals surface area contributed by atoms with E-state index in [1.807, 2.05) is 17.6 Å². The van der Waals surface area contributed by atoms with Crippen LogP contribution < -0.4 is 10.6 Å². The molecule has 0 aromatic carbocycles. The van der Waals surface area contributed by atoms with Gasteiger partial charge >= 0.3 is 0 Å². The summed E-state index contributed by atoms with van der Waals surface area (Å²) in [5.41, 5.74) is 7.58. The van der Waals surface area contributed by atoms with Crippen LogP contribution in [0.25, 0.3) is 5.52 Å². The van der Waals surface area contributed by atoms with Crippen LogP contribution in [-0.2, 0) is 0 Å². The van der Waals surface area contributed by atoms with E-state index >= 15 is 0 Å². The highest BCUT2D eigenvalue weighted by Gasteiger charge is 2.09. The van der Waals surface area contributed by atoms with E-state index in [4.69, 9.17) is 5.73 Å². The highest BCUT2D eigenvalue weighted by molar-refractivity contribution is 5.68. The van der Waals surface area contributed by atoms with Crippen LogP contribution in [-0.4, -0.2) is 34.7 Å². The maximum absolute atomic E-state index is 5.50. The zero-order valence-electron chi connectivity index (χ0n) is 11.1. The monoisotopic (exact) mass is 247 g/mol. The molecule has 0 aliphatic heterocycles. The number of rotatable bonds is 6. The molecule has 0 aliphatic rings. The van der Waals surface area contributed by atoms with Gasteiger partial charge in [-0.15, -0.1) is 0 Å². The zero-order valence-corrected chi connectivity index (χ0v) is 11.1. The summed E-state index contributed by atoms with van der Waals surface area (Å²) in [7, 11) is 2.08. The maximum Gasteiger partial charge on any atom is 0.154 e. The van der Waals surface area contributed by atoms with Crippen LogP contribution in [0.3, 0.4) is 0 Å². The average Bonchev–Trinajstić information content (AvgIpc) is 2.74. The molecule has 0 spiro atoms. The molecule has 98 valence electrons. The number of nitrogens with two attached hydrogens (primary N) is 1. The third-order valence-electron chi connectivity index (χ3n) is 3.05. The molecule has 2 rings (SSSR count). The fourth-order valence-electron chi connectivity index (χ4n) is 2.10.